The molecule has 0 aromatic heterocycles. The van der Waals surface area contributed by atoms with Gasteiger partial charge in [0.2, 0.25) is 11.8 Å². The van der Waals surface area contributed by atoms with Crippen LogP contribution in [0, 0.1) is 13.8 Å². The maximum atomic E-state index is 14.5. The van der Waals surface area contributed by atoms with Gasteiger partial charge in [0, 0.05) is 20.0 Å². The molecule has 0 aliphatic rings. The first-order chi connectivity index (χ1) is 23.1. The summed E-state index contributed by atoms with van der Waals surface area (Å²) >= 11 is 0. The van der Waals surface area contributed by atoms with Crippen molar-refractivity contribution < 1.29 is 22.7 Å². The lowest BCUT2D eigenvalue weighted by atomic mass is 10.0. The second-order valence-electron chi connectivity index (χ2n) is 11.6. The monoisotopic (exact) mass is 661 g/mol. The third-order valence-corrected chi connectivity index (χ3v) is 9.77. The summed E-state index contributed by atoms with van der Waals surface area (Å²) in [5.41, 5.74) is 3.91. The number of amides is 2. The Kier molecular flexibility index (Phi) is 10.9. The molecule has 5 aromatic rings. The zero-order valence-electron chi connectivity index (χ0n) is 27.2. The topological polar surface area (TPSA) is 96.0 Å². The van der Waals surface area contributed by atoms with Gasteiger partial charge in [0.1, 0.15) is 24.1 Å². The van der Waals surface area contributed by atoms with Crippen LogP contribution >= 0.6 is 0 Å². The molecule has 9 heteroatoms. The number of ether oxygens (including phenoxy) is 1. The Morgan fingerprint density at radius 1 is 0.688 bits per heavy atom. The van der Waals surface area contributed by atoms with E-state index in [4.69, 9.17) is 4.74 Å². The molecule has 5 aromatic carbocycles. The lowest BCUT2D eigenvalue weighted by molar-refractivity contribution is -0.139. The molecule has 2 amide bonds. The highest BCUT2D eigenvalue weighted by molar-refractivity contribution is 7.92. The molecule has 0 spiro atoms. The van der Waals surface area contributed by atoms with Crippen LogP contribution in [0.15, 0.2) is 138 Å². The molecule has 0 saturated heterocycles. The van der Waals surface area contributed by atoms with Crippen LogP contribution in [0.25, 0.3) is 0 Å². The first-order valence-electron chi connectivity index (χ1n) is 15.7. The van der Waals surface area contributed by atoms with Gasteiger partial charge in [0.05, 0.1) is 10.6 Å². The van der Waals surface area contributed by atoms with Gasteiger partial charge in [0.15, 0.2) is 0 Å². The van der Waals surface area contributed by atoms with E-state index in [0.29, 0.717) is 11.5 Å². The van der Waals surface area contributed by atoms with Gasteiger partial charge in [-0.05, 0) is 73.5 Å². The van der Waals surface area contributed by atoms with Crippen molar-refractivity contribution in [2.24, 2.45) is 0 Å². The fourth-order valence-corrected chi connectivity index (χ4v) is 6.70. The molecule has 0 saturated carbocycles. The van der Waals surface area contributed by atoms with Crippen molar-refractivity contribution in [3.63, 3.8) is 0 Å². The minimum atomic E-state index is -4.22. The van der Waals surface area contributed by atoms with E-state index >= 15 is 0 Å². The quantitative estimate of drug-likeness (QED) is 0.152. The van der Waals surface area contributed by atoms with Crippen molar-refractivity contribution in [1.29, 1.82) is 0 Å². The standard InChI is InChI=1S/C39H39N3O5S/c1-29-14-18-32(19-15-29)27-41(37(39(44)40-3)26-31-10-6-4-7-11-31)38(43)28-42(48(45,46)36-24-16-30(2)17-25-36)33-20-22-35(23-21-33)47-34-12-8-5-9-13-34/h4-25,37H,26-28H2,1-3H3,(H,40,44)/t37-/m1/s1. The second-order valence-corrected chi connectivity index (χ2v) is 13.4. The average Bonchev–Trinajstić information content (AvgIpc) is 3.10. The zero-order valence-corrected chi connectivity index (χ0v) is 28.1. The number of rotatable bonds is 13. The molecule has 0 unspecified atom stereocenters. The van der Waals surface area contributed by atoms with Crippen LogP contribution in [-0.2, 0) is 32.6 Å². The van der Waals surface area contributed by atoms with Crippen molar-refractivity contribution in [2.45, 2.75) is 37.8 Å². The van der Waals surface area contributed by atoms with E-state index in [0.717, 1.165) is 26.6 Å². The van der Waals surface area contributed by atoms with Gasteiger partial charge in [-0.3, -0.25) is 13.9 Å². The van der Waals surface area contributed by atoms with E-state index in [1.165, 1.54) is 24.1 Å². The fraction of sp³-hybridized carbons (Fsp3) is 0.179. The van der Waals surface area contributed by atoms with Crippen molar-refractivity contribution in [1.82, 2.24) is 10.2 Å². The Labute approximate surface area is 282 Å². The number of nitrogens with one attached hydrogen (secondary N) is 1. The number of nitrogens with zero attached hydrogens (tertiary/aromatic N) is 2. The first-order valence-corrected chi connectivity index (χ1v) is 17.1. The fourth-order valence-electron chi connectivity index (χ4n) is 5.28. The van der Waals surface area contributed by atoms with Crippen LogP contribution in [-0.4, -0.2) is 44.8 Å². The van der Waals surface area contributed by atoms with Crippen LogP contribution in [0.5, 0.6) is 11.5 Å². The summed E-state index contributed by atoms with van der Waals surface area (Å²) in [7, 11) is -2.69. The summed E-state index contributed by atoms with van der Waals surface area (Å²) in [6.45, 7) is 3.41. The number of likely N-dealkylation sites (N-methyl/N-ethyl adjacent to an activating group) is 1. The summed E-state index contributed by atoms with van der Waals surface area (Å²) in [4.78, 5) is 29.5. The molecule has 8 nitrogen and oxygen atoms in total. The summed E-state index contributed by atoms with van der Waals surface area (Å²) in [6, 6.07) is 38.5. The van der Waals surface area contributed by atoms with Gasteiger partial charge in [-0.15, -0.1) is 0 Å². The molecule has 1 atom stereocenters. The predicted molar refractivity (Wildman–Crippen MR) is 188 cm³/mol. The Bertz CT molecular complexity index is 1910. The summed E-state index contributed by atoms with van der Waals surface area (Å²) < 4.78 is 35.6. The van der Waals surface area contributed by atoms with Gasteiger partial charge in [-0.1, -0.05) is 96.1 Å². The zero-order chi connectivity index (χ0) is 34.1. The number of hydrogen-bond acceptors (Lipinski definition) is 5. The predicted octanol–water partition coefficient (Wildman–Crippen LogP) is 6.68. The maximum Gasteiger partial charge on any atom is 0.264 e. The largest absolute Gasteiger partial charge is 0.457 e. The summed E-state index contributed by atoms with van der Waals surface area (Å²) in [6.07, 6.45) is 0.244. The number of anilines is 1. The van der Waals surface area contributed by atoms with Crippen LogP contribution in [0.1, 0.15) is 22.3 Å². The van der Waals surface area contributed by atoms with Gasteiger partial charge in [-0.25, -0.2) is 8.42 Å². The van der Waals surface area contributed by atoms with E-state index in [1.54, 1.807) is 36.4 Å². The summed E-state index contributed by atoms with van der Waals surface area (Å²) in [5, 5.41) is 2.71. The van der Waals surface area contributed by atoms with Crippen LogP contribution < -0.4 is 14.4 Å². The molecule has 1 N–H and O–H groups in total. The van der Waals surface area contributed by atoms with Gasteiger partial charge >= 0.3 is 0 Å². The molecule has 246 valence electrons. The molecule has 0 heterocycles. The summed E-state index contributed by atoms with van der Waals surface area (Å²) in [5.74, 6) is 0.262. The average molecular weight is 662 g/mol. The Hall–Kier alpha value is -5.41. The Morgan fingerprint density at radius 2 is 1.23 bits per heavy atom. The molecule has 0 bridgehead atoms. The number of hydrogen-bond donors (Lipinski definition) is 1. The Balaban J connectivity index is 1.54. The second kappa shape index (κ2) is 15.5. The normalized spacial score (nSPS) is 11.7. The van der Waals surface area contributed by atoms with Crippen molar-refractivity contribution in [3.8, 4) is 11.5 Å². The van der Waals surface area contributed by atoms with E-state index in [1.807, 2.05) is 98.8 Å². The minimum Gasteiger partial charge on any atom is -0.457 e. The number of carbonyl (C=O) groups excluding carboxylic acids is 2. The van der Waals surface area contributed by atoms with Crippen molar-refractivity contribution >= 4 is 27.5 Å². The number of benzene rings is 5. The van der Waals surface area contributed by atoms with E-state index < -0.39 is 28.5 Å². The number of aryl methyl sites for hydroxylation is 2. The first kappa shape index (κ1) is 33.9. The number of para-hydroxylation sites is 1. The SMILES string of the molecule is CNC(=O)[C@@H](Cc1ccccc1)N(Cc1ccc(C)cc1)C(=O)CN(c1ccc(Oc2ccccc2)cc1)S(=O)(=O)c1ccc(C)cc1. The van der Waals surface area contributed by atoms with Crippen LogP contribution in [0.4, 0.5) is 5.69 Å². The maximum absolute atomic E-state index is 14.5. The van der Waals surface area contributed by atoms with Crippen molar-refractivity contribution in [3.05, 3.63) is 156 Å². The van der Waals surface area contributed by atoms with Gasteiger partial charge in [-0.2, -0.15) is 0 Å². The van der Waals surface area contributed by atoms with Crippen molar-refractivity contribution in [2.75, 3.05) is 17.9 Å². The highest BCUT2D eigenvalue weighted by Crippen LogP contribution is 2.29. The molecule has 0 aliphatic carbocycles. The molecule has 0 aliphatic heterocycles. The lowest BCUT2D eigenvalue weighted by Gasteiger charge is -2.33. The highest BCUT2D eigenvalue weighted by atomic mass is 32.2. The van der Waals surface area contributed by atoms with E-state index in [2.05, 4.69) is 5.32 Å². The molecule has 0 fully saturated rings. The highest BCUT2D eigenvalue weighted by Gasteiger charge is 2.34. The molecule has 48 heavy (non-hydrogen) atoms. The third kappa shape index (κ3) is 8.49. The van der Waals surface area contributed by atoms with E-state index in [9.17, 15) is 18.0 Å². The van der Waals surface area contributed by atoms with E-state index in [-0.39, 0.29) is 29.5 Å². The van der Waals surface area contributed by atoms with Gasteiger partial charge < -0.3 is 15.0 Å². The Morgan fingerprint density at radius 3 is 1.81 bits per heavy atom. The lowest BCUT2D eigenvalue weighted by Crippen LogP contribution is -2.53. The molecule has 5 rings (SSSR count). The number of sulfonamides is 1. The third-order valence-electron chi connectivity index (χ3n) is 7.98. The van der Waals surface area contributed by atoms with Gasteiger partial charge in [0.25, 0.3) is 10.0 Å². The minimum absolute atomic E-state index is 0.0442. The number of carbonyl (C=O) groups is 2. The molecular weight excluding hydrogens is 623 g/mol. The molecular formula is C39H39N3O5S. The van der Waals surface area contributed by atoms with Crippen LogP contribution in [0.2, 0.25) is 0 Å². The van der Waals surface area contributed by atoms with Crippen LogP contribution in [0.3, 0.4) is 0 Å². The molecule has 0 radical (unpaired) electrons. The smallest absolute Gasteiger partial charge is 0.264 e.